The second-order valence-electron chi connectivity index (χ2n) is 5.45. The first-order chi connectivity index (χ1) is 10.5. The van der Waals surface area contributed by atoms with Crippen molar-refractivity contribution >= 4 is 22.6 Å². The van der Waals surface area contributed by atoms with E-state index in [1.165, 1.54) is 16.7 Å². The van der Waals surface area contributed by atoms with Gasteiger partial charge >= 0.3 is 0 Å². The van der Waals surface area contributed by atoms with Crippen LogP contribution in [0.25, 0.3) is 0 Å². The molecule has 0 spiro atoms. The third-order valence-corrected chi connectivity index (χ3v) is 3.75. The summed E-state index contributed by atoms with van der Waals surface area (Å²) in [5, 5.41) is 3.36. The van der Waals surface area contributed by atoms with Gasteiger partial charge in [0.05, 0.1) is 0 Å². The van der Waals surface area contributed by atoms with Crippen molar-refractivity contribution in [2.45, 2.75) is 26.7 Å². The summed E-state index contributed by atoms with van der Waals surface area (Å²) in [5.74, 6) is 0. The Hall–Kier alpha value is -1.85. The topological polar surface area (TPSA) is 61.4 Å². The number of nitrogens with one attached hydrogen (secondary N) is 2. The van der Waals surface area contributed by atoms with Gasteiger partial charge in [-0.25, -0.2) is 4.21 Å². The monoisotopic (exact) mass is 318 g/mol. The average molecular weight is 318 g/mol. The van der Waals surface area contributed by atoms with Crippen molar-refractivity contribution in [3.63, 3.8) is 0 Å². The maximum Gasteiger partial charge on any atom is 0.259 e. The van der Waals surface area contributed by atoms with Gasteiger partial charge in [-0.2, -0.15) is 0 Å². The molecule has 0 amide bonds. The molecule has 3 N–H and O–H groups in total. The first kappa shape index (κ1) is 16.5. The Balaban J connectivity index is 1.77. The maximum atomic E-state index is 10.6. The minimum absolute atomic E-state index is 0.626. The highest BCUT2D eigenvalue weighted by Gasteiger charge is 1.98. The van der Waals surface area contributed by atoms with Crippen LogP contribution in [-0.4, -0.2) is 15.3 Å². The lowest BCUT2D eigenvalue weighted by atomic mass is 10.0. The Bertz CT molecular complexity index is 621. The lowest BCUT2D eigenvalue weighted by Crippen LogP contribution is -2.04. The Kier molecular flexibility index (Phi) is 5.98. The number of hydrogen-bond donors (Lipinski definition) is 3. The zero-order valence-electron chi connectivity index (χ0n) is 12.9. The predicted octanol–water partition coefficient (Wildman–Crippen LogP) is 3.90. The highest BCUT2D eigenvalue weighted by Crippen LogP contribution is 2.14. The molecule has 0 aromatic heterocycles. The number of hydrogen-bond acceptors (Lipinski definition) is 2. The van der Waals surface area contributed by atoms with Gasteiger partial charge in [0.25, 0.3) is 11.3 Å². The number of aryl methyl sites for hydroxylation is 3. The summed E-state index contributed by atoms with van der Waals surface area (Å²) >= 11 is -2.03. The minimum Gasteiger partial charge on any atom is -0.385 e. The van der Waals surface area contributed by atoms with Gasteiger partial charge in [-0.1, -0.05) is 29.3 Å². The zero-order valence-corrected chi connectivity index (χ0v) is 13.7. The molecule has 0 aliphatic rings. The van der Waals surface area contributed by atoms with Crippen molar-refractivity contribution in [2.75, 3.05) is 16.6 Å². The molecular formula is C17H22N2O2S. The van der Waals surface area contributed by atoms with Crippen LogP contribution in [0.2, 0.25) is 0 Å². The quantitative estimate of drug-likeness (QED) is 0.536. The SMILES string of the molecule is Cc1cc(C)cc(CCCNc2ccc(NS(=O)O)cc2)c1. The molecule has 5 heteroatoms. The third-order valence-electron chi connectivity index (χ3n) is 3.34. The van der Waals surface area contributed by atoms with E-state index < -0.39 is 11.3 Å². The van der Waals surface area contributed by atoms with Gasteiger partial charge in [0.2, 0.25) is 0 Å². The van der Waals surface area contributed by atoms with Gasteiger partial charge in [0.1, 0.15) is 0 Å². The predicted molar refractivity (Wildman–Crippen MR) is 93.6 cm³/mol. The number of benzene rings is 2. The highest BCUT2D eigenvalue weighted by atomic mass is 32.2. The molecule has 0 saturated carbocycles. The number of rotatable bonds is 7. The zero-order chi connectivity index (χ0) is 15.9. The van der Waals surface area contributed by atoms with Crippen LogP contribution in [-0.2, 0) is 17.7 Å². The van der Waals surface area contributed by atoms with Crippen molar-refractivity contribution in [3.8, 4) is 0 Å². The molecular weight excluding hydrogens is 296 g/mol. The summed E-state index contributed by atoms with van der Waals surface area (Å²) in [4.78, 5) is 0. The smallest absolute Gasteiger partial charge is 0.259 e. The molecule has 4 nitrogen and oxygen atoms in total. The fourth-order valence-corrected chi connectivity index (χ4v) is 2.83. The fourth-order valence-electron chi connectivity index (χ4n) is 2.50. The van der Waals surface area contributed by atoms with Crippen LogP contribution in [0.4, 0.5) is 11.4 Å². The van der Waals surface area contributed by atoms with E-state index in [1.54, 1.807) is 12.1 Å². The Labute approximate surface area is 134 Å². The second-order valence-corrected chi connectivity index (χ2v) is 6.16. The van der Waals surface area contributed by atoms with Gasteiger partial charge < -0.3 is 5.32 Å². The first-order valence-electron chi connectivity index (χ1n) is 7.31. The van der Waals surface area contributed by atoms with Gasteiger partial charge in [-0.05, 0) is 56.5 Å². The van der Waals surface area contributed by atoms with Crippen LogP contribution >= 0.6 is 0 Å². The van der Waals surface area contributed by atoms with Gasteiger partial charge in [0, 0.05) is 17.9 Å². The standard InChI is InChI=1S/C17H22N2O2S/c1-13-10-14(2)12-15(11-13)4-3-9-18-16-5-7-17(8-6-16)19-22(20)21/h5-8,10-12,18-19H,3-4,9H2,1-2H3,(H,20,21). The molecule has 2 aromatic carbocycles. The van der Waals surface area contributed by atoms with Crippen LogP contribution in [0.3, 0.4) is 0 Å². The van der Waals surface area contributed by atoms with Crippen LogP contribution in [0.1, 0.15) is 23.1 Å². The normalized spacial score (nSPS) is 12.0. The molecule has 0 bridgehead atoms. The molecule has 1 atom stereocenters. The fraction of sp³-hybridized carbons (Fsp3) is 0.294. The van der Waals surface area contributed by atoms with Crippen LogP contribution < -0.4 is 10.0 Å². The lowest BCUT2D eigenvalue weighted by molar-refractivity contribution is 0.570. The number of anilines is 2. The molecule has 0 aliphatic heterocycles. The van der Waals surface area contributed by atoms with Crippen molar-refractivity contribution < 1.29 is 8.76 Å². The van der Waals surface area contributed by atoms with Crippen molar-refractivity contribution in [2.24, 2.45) is 0 Å². The maximum absolute atomic E-state index is 10.6. The molecule has 0 fully saturated rings. The summed E-state index contributed by atoms with van der Waals surface area (Å²) in [5.41, 5.74) is 5.64. The highest BCUT2D eigenvalue weighted by molar-refractivity contribution is 7.80. The van der Waals surface area contributed by atoms with Crippen molar-refractivity contribution in [3.05, 3.63) is 59.2 Å². The summed E-state index contributed by atoms with van der Waals surface area (Å²) in [6, 6.07) is 14.0. The summed E-state index contributed by atoms with van der Waals surface area (Å²) in [6.07, 6.45) is 2.11. The van der Waals surface area contributed by atoms with Gasteiger partial charge in [-0.3, -0.25) is 9.27 Å². The van der Waals surface area contributed by atoms with E-state index in [0.717, 1.165) is 25.1 Å². The van der Waals surface area contributed by atoms with Crippen LogP contribution in [0.5, 0.6) is 0 Å². The molecule has 0 heterocycles. The van der Waals surface area contributed by atoms with Crippen molar-refractivity contribution in [1.82, 2.24) is 0 Å². The Morgan fingerprint density at radius 2 is 1.59 bits per heavy atom. The second kappa shape index (κ2) is 7.96. The molecule has 1 unspecified atom stereocenters. The van der Waals surface area contributed by atoms with E-state index >= 15 is 0 Å². The van der Waals surface area contributed by atoms with Gasteiger partial charge in [0.15, 0.2) is 0 Å². The molecule has 2 rings (SSSR count). The summed E-state index contributed by atoms with van der Waals surface area (Å²) in [7, 11) is 0. The van der Waals surface area contributed by atoms with E-state index in [9.17, 15) is 4.21 Å². The Morgan fingerprint density at radius 1 is 1.00 bits per heavy atom. The van der Waals surface area contributed by atoms with E-state index in [2.05, 4.69) is 42.1 Å². The van der Waals surface area contributed by atoms with Crippen LogP contribution in [0, 0.1) is 13.8 Å². The molecule has 0 radical (unpaired) electrons. The van der Waals surface area contributed by atoms with E-state index in [4.69, 9.17) is 4.55 Å². The largest absolute Gasteiger partial charge is 0.385 e. The first-order valence-corrected chi connectivity index (χ1v) is 8.42. The average Bonchev–Trinajstić information content (AvgIpc) is 2.44. The molecule has 0 aliphatic carbocycles. The molecule has 0 saturated heterocycles. The van der Waals surface area contributed by atoms with Crippen molar-refractivity contribution in [1.29, 1.82) is 0 Å². The van der Waals surface area contributed by atoms with E-state index in [1.807, 2.05) is 12.1 Å². The minimum atomic E-state index is -2.03. The van der Waals surface area contributed by atoms with E-state index in [0.29, 0.717) is 5.69 Å². The molecule has 118 valence electrons. The molecule has 22 heavy (non-hydrogen) atoms. The summed E-state index contributed by atoms with van der Waals surface area (Å²) < 4.78 is 21.8. The lowest BCUT2D eigenvalue weighted by Gasteiger charge is -2.08. The van der Waals surface area contributed by atoms with Crippen LogP contribution in [0.15, 0.2) is 42.5 Å². The molecule has 2 aromatic rings. The van der Waals surface area contributed by atoms with Gasteiger partial charge in [-0.15, -0.1) is 0 Å². The Morgan fingerprint density at radius 3 is 2.18 bits per heavy atom. The van der Waals surface area contributed by atoms with E-state index in [-0.39, 0.29) is 0 Å². The summed E-state index contributed by atoms with van der Waals surface area (Å²) in [6.45, 7) is 5.15. The third kappa shape index (κ3) is 5.50.